The van der Waals surface area contributed by atoms with Crippen LogP contribution >= 0.6 is 23.4 Å². The van der Waals surface area contributed by atoms with Gasteiger partial charge in [-0.15, -0.1) is 11.8 Å². The first-order valence-electron chi connectivity index (χ1n) is 6.35. The maximum Gasteiger partial charge on any atom is 0.230 e. The quantitative estimate of drug-likeness (QED) is 0.844. The first-order valence-corrected chi connectivity index (χ1v) is 7.71. The smallest absolute Gasteiger partial charge is 0.230 e. The van der Waals surface area contributed by atoms with Crippen LogP contribution in [0.1, 0.15) is 11.1 Å². The third-order valence-corrected chi connectivity index (χ3v) is 4.28. The molecule has 2 rings (SSSR count). The Labute approximate surface area is 128 Å². The second kappa shape index (κ2) is 7.36. The van der Waals surface area contributed by atoms with E-state index in [2.05, 4.69) is 5.32 Å². The highest BCUT2D eigenvalue weighted by Gasteiger charge is 2.04. The normalized spacial score (nSPS) is 10.3. The number of benzene rings is 2. The molecule has 0 unspecified atom stereocenters. The second-order valence-electron chi connectivity index (χ2n) is 4.46. The van der Waals surface area contributed by atoms with Gasteiger partial charge < -0.3 is 5.32 Å². The van der Waals surface area contributed by atoms with Crippen LogP contribution in [0.5, 0.6) is 0 Å². The fourth-order valence-electron chi connectivity index (χ4n) is 1.72. The SMILES string of the molecule is Cc1ccccc1SCC(=O)NCc1ccc(Cl)cc1. The molecule has 0 aliphatic heterocycles. The lowest BCUT2D eigenvalue weighted by atomic mass is 10.2. The molecule has 1 amide bonds. The Morgan fingerprint density at radius 1 is 1.15 bits per heavy atom. The van der Waals surface area contributed by atoms with Crippen LogP contribution in [0, 0.1) is 6.92 Å². The molecule has 0 bridgehead atoms. The summed E-state index contributed by atoms with van der Waals surface area (Å²) in [5.41, 5.74) is 2.24. The van der Waals surface area contributed by atoms with E-state index in [-0.39, 0.29) is 5.91 Å². The highest BCUT2D eigenvalue weighted by atomic mass is 35.5. The van der Waals surface area contributed by atoms with Gasteiger partial charge in [0.25, 0.3) is 0 Å². The fraction of sp³-hybridized carbons (Fsp3) is 0.188. The number of carbonyl (C=O) groups is 1. The van der Waals surface area contributed by atoms with Crippen molar-refractivity contribution in [2.45, 2.75) is 18.4 Å². The van der Waals surface area contributed by atoms with E-state index in [1.54, 1.807) is 11.8 Å². The lowest BCUT2D eigenvalue weighted by Crippen LogP contribution is -2.24. The first-order chi connectivity index (χ1) is 9.65. The zero-order chi connectivity index (χ0) is 14.4. The van der Waals surface area contributed by atoms with Gasteiger partial charge >= 0.3 is 0 Å². The average molecular weight is 306 g/mol. The van der Waals surface area contributed by atoms with E-state index in [1.807, 2.05) is 55.5 Å². The molecule has 2 aromatic rings. The monoisotopic (exact) mass is 305 g/mol. The Balaban J connectivity index is 1.78. The van der Waals surface area contributed by atoms with Crippen molar-refractivity contribution in [3.05, 3.63) is 64.7 Å². The minimum atomic E-state index is 0.0354. The van der Waals surface area contributed by atoms with Gasteiger partial charge in [-0.05, 0) is 36.2 Å². The number of thioether (sulfide) groups is 1. The minimum Gasteiger partial charge on any atom is -0.351 e. The molecule has 0 saturated heterocycles. The molecule has 0 fully saturated rings. The van der Waals surface area contributed by atoms with E-state index in [1.165, 1.54) is 5.56 Å². The van der Waals surface area contributed by atoms with Crippen molar-refractivity contribution < 1.29 is 4.79 Å². The van der Waals surface area contributed by atoms with Crippen molar-refractivity contribution in [1.29, 1.82) is 0 Å². The van der Waals surface area contributed by atoms with Gasteiger partial charge in [0.05, 0.1) is 5.75 Å². The van der Waals surface area contributed by atoms with Gasteiger partial charge in [-0.3, -0.25) is 4.79 Å². The Kier molecular flexibility index (Phi) is 5.50. The highest BCUT2D eigenvalue weighted by molar-refractivity contribution is 8.00. The molecule has 104 valence electrons. The number of hydrogen-bond donors (Lipinski definition) is 1. The summed E-state index contributed by atoms with van der Waals surface area (Å²) >= 11 is 7.38. The minimum absolute atomic E-state index is 0.0354. The lowest BCUT2D eigenvalue weighted by Gasteiger charge is -2.07. The highest BCUT2D eigenvalue weighted by Crippen LogP contribution is 2.21. The second-order valence-corrected chi connectivity index (χ2v) is 5.91. The van der Waals surface area contributed by atoms with Crippen LogP contribution in [0.4, 0.5) is 0 Å². The van der Waals surface area contributed by atoms with Crippen LogP contribution in [-0.4, -0.2) is 11.7 Å². The van der Waals surface area contributed by atoms with Crippen LogP contribution in [0.3, 0.4) is 0 Å². The van der Waals surface area contributed by atoms with Crippen LogP contribution in [0.15, 0.2) is 53.4 Å². The van der Waals surface area contributed by atoms with E-state index in [0.29, 0.717) is 17.3 Å². The maximum absolute atomic E-state index is 11.8. The topological polar surface area (TPSA) is 29.1 Å². The van der Waals surface area contributed by atoms with Gasteiger partial charge in [-0.1, -0.05) is 41.9 Å². The van der Waals surface area contributed by atoms with E-state index < -0.39 is 0 Å². The zero-order valence-corrected chi connectivity index (χ0v) is 12.8. The number of aryl methyl sites for hydroxylation is 1. The number of amides is 1. The standard InChI is InChI=1S/C16H16ClNOS/c1-12-4-2-3-5-15(12)20-11-16(19)18-10-13-6-8-14(17)9-7-13/h2-9H,10-11H2,1H3,(H,18,19). The summed E-state index contributed by atoms with van der Waals surface area (Å²) in [4.78, 5) is 13.0. The largest absolute Gasteiger partial charge is 0.351 e. The van der Waals surface area contributed by atoms with Crippen molar-refractivity contribution >= 4 is 29.3 Å². The Hall–Kier alpha value is -1.45. The van der Waals surface area contributed by atoms with E-state index in [9.17, 15) is 4.79 Å². The number of carbonyl (C=O) groups excluding carboxylic acids is 1. The molecule has 2 aromatic carbocycles. The predicted molar refractivity (Wildman–Crippen MR) is 85.2 cm³/mol. The Morgan fingerprint density at radius 2 is 1.85 bits per heavy atom. The molecule has 0 saturated carbocycles. The molecule has 0 heterocycles. The molecular formula is C16H16ClNOS. The van der Waals surface area contributed by atoms with Gasteiger partial charge in [0.1, 0.15) is 0 Å². The number of rotatable bonds is 5. The molecule has 0 aliphatic rings. The van der Waals surface area contributed by atoms with Gasteiger partial charge in [0.15, 0.2) is 0 Å². The van der Waals surface area contributed by atoms with Crippen molar-refractivity contribution in [2.24, 2.45) is 0 Å². The van der Waals surface area contributed by atoms with Crippen molar-refractivity contribution in [3.63, 3.8) is 0 Å². The summed E-state index contributed by atoms with van der Waals surface area (Å²) in [6.45, 7) is 2.58. The van der Waals surface area contributed by atoms with Crippen molar-refractivity contribution in [2.75, 3.05) is 5.75 Å². The van der Waals surface area contributed by atoms with Crippen LogP contribution in [-0.2, 0) is 11.3 Å². The van der Waals surface area contributed by atoms with Gasteiger partial charge in [-0.25, -0.2) is 0 Å². The fourth-order valence-corrected chi connectivity index (χ4v) is 2.70. The molecule has 0 spiro atoms. The third kappa shape index (κ3) is 4.58. The third-order valence-electron chi connectivity index (χ3n) is 2.86. The molecular weight excluding hydrogens is 290 g/mol. The number of nitrogens with one attached hydrogen (secondary N) is 1. The number of hydrogen-bond acceptors (Lipinski definition) is 2. The molecule has 0 atom stereocenters. The summed E-state index contributed by atoms with van der Waals surface area (Å²) < 4.78 is 0. The first kappa shape index (κ1) is 14.9. The summed E-state index contributed by atoms with van der Waals surface area (Å²) in [6, 6.07) is 15.5. The molecule has 2 nitrogen and oxygen atoms in total. The van der Waals surface area contributed by atoms with Crippen LogP contribution < -0.4 is 5.32 Å². The van der Waals surface area contributed by atoms with Gasteiger partial charge in [-0.2, -0.15) is 0 Å². The van der Waals surface area contributed by atoms with E-state index >= 15 is 0 Å². The average Bonchev–Trinajstić information content (AvgIpc) is 2.46. The molecule has 0 radical (unpaired) electrons. The molecule has 0 aromatic heterocycles. The van der Waals surface area contributed by atoms with Gasteiger partial charge in [0.2, 0.25) is 5.91 Å². The van der Waals surface area contributed by atoms with Gasteiger partial charge in [0, 0.05) is 16.5 Å². The Morgan fingerprint density at radius 3 is 2.55 bits per heavy atom. The van der Waals surface area contributed by atoms with E-state index in [0.717, 1.165) is 10.5 Å². The maximum atomic E-state index is 11.8. The molecule has 1 N–H and O–H groups in total. The summed E-state index contributed by atoms with van der Waals surface area (Å²) in [6.07, 6.45) is 0. The molecule has 20 heavy (non-hydrogen) atoms. The summed E-state index contributed by atoms with van der Waals surface area (Å²) in [5, 5.41) is 3.61. The van der Waals surface area contributed by atoms with Crippen LogP contribution in [0.2, 0.25) is 5.02 Å². The molecule has 0 aliphatic carbocycles. The Bertz CT molecular complexity index is 583. The van der Waals surface area contributed by atoms with Crippen LogP contribution in [0.25, 0.3) is 0 Å². The van der Waals surface area contributed by atoms with E-state index in [4.69, 9.17) is 11.6 Å². The summed E-state index contributed by atoms with van der Waals surface area (Å²) in [7, 11) is 0. The number of halogens is 1. The summed E-state index contributed by atoms with van der Waals surface area (Å²) in [5.74, 6) is 0.464. The predicted octanol–water partition coefficient (Wildman–Crippen LogP) is 4.06. The zero-order valence-electron chi connectivity index (χ0n) is 11.2. The lowest BCUT2D eigenvalue weighted by molar-refractivity contribution is -0.118. The van der Waals surface area contributed by atoms with Crippen molar-refractivity contribution in [3.8, 4) is 0 Å². The van der Waals surface area contributed by atoms with Crippen molar-refractivity contribution in [1.82, 2.24) is 5.32 Å². The molecule has 4 heteroatoms.